The minimum atomic E-state index is -0.841. The van der Waals surface area contributed by atoms with Crippen LogP contribution < -0.4 is 0 Å². The Kier molecular flexibility index (Phi) is 4.89. The number of benzene rings is 1. The van der Waals surface area contributed by atoms with Crippen molar-refractivity contribution in [3.63, 3.8) is 0 Å². The number of carbonyl (C=O) groups is 2. The van der Waals surface area contributed by atoms with Crippen LogP contribution in [0.4, 0.5) is 0 Å². The monoisotopic (exact) mass is 315 g/mol. The molecule has 0 bridgehead atoms. The second-order valence-electron chi connectivity index (χ2n) is 4.93. The lowest BCUT2D eigenvalue weighted by atomic mass is 9.97. The summed E-state index contributed by atoms with van der Waals surface area (Å²) < 4.78 is 0. The predicted molar refractivity (Wildman–Crippen MR) is 77.1 cm³/mol. The van der Waals surface area contributed by atoms with Crippen molar-refractivity contribution in [1.29, 1.82) is 0 Å². The van der Waals surface area contributed by atoms with Crippen LogP contribution in [0.1, 0.15) is 18.4 Å². The van der Waals surface area contributed by atoms with Crippen LogP contribution in [0.5, 0.6) is 0 Å². The van der Waals surface area contributed by atoms with Crippen molar-refractivity contribution in [3.05, 3.63) is 33.8 Å². The summed E-state index contributed by atoms with van der Waals surface area (Å²) in [7, 11) is 0. The Balaban J connectivity index is 2.02. The first kappa shape index (κ1) is 15.1. The van der Waals surface area contributed by atoms with Crippen molar-refractivity contribution in [2.24, 2.45) is 5.92 Å². The van der Waals surface area contributed by atoms with E-state index in [4.69, 9.17) is 28.3 Å². The van der Waals surface area contributed by atoms with Gasteiger partial charge in [-0.1, -0.05) is 29.3 Å². The zero-order valence-corrected chi connectivity index (χ0v) is 12.3. The molecule has 0 spiro atoms. The number of rotatable bonds is 3. The summed E-state index contributed by atoms with van der Waals surface area (Å²) in [5.74, 6) is -1.40. The summed E-state index contributed by atoms with van der Waals surface area (Å²) in [6.07, 6.45) is 1.51. The third kappa shape index (κ3) is 3.64. The van der Waals surface area contributed by atoms with Gasteiger partial charge in [0.25, 0.3) is 0 Å². The minimum absolute atomic E-state index is 0.0971. The van der Waals surface area contributed by atoms with Gasteiger partial charge in [-0.3, -0.25) is 9.59 Å². The fourth-order valence-electron chi connectivity index (χ4n) is 2.35. The van der Waals surface area contributed by atoms with E-state index >= 15 is 0 Å². The zero-order chi connectivity index (χ0) is 14.7. The summed E-state index contributed by atoms with van der Waals surface area (Å²) in [5.41, 5.74) is 0.707. The highest BCUT2D eigenvalue weighted by molar-refractivity contribution is 6.35. The summed E-state index contributed by atoms with van der Waals surface area (Å²) in [6.45, 7) is 0.882. The zero-order valence-electron chi connectivity index (χ0n) is 10.8. The molecule has 2 rings (SSSR count). The van der Waals surface area contributed by atoms with Gasteiger partial charge in [-0.05, 0) is 30.5 Å². The molecular formula is C14H15Cl2NO3. The number of amides is 1. The molecule has 108 valence electrons. The van der Waals surface area contributed by atoms with Gasteiger partial charge in [-0.2, -0.15) is 0 Å². The molecule has 1 aliphatic heterocycles. The minimum Gasteiger partial charge on any atom is -0.481 e. The van der Waals surface area contributed by atoms with E-state index in [-0.39, 0.29) is 18.9 Å². The molecule has 20 heavy (non-hydrogen) atoms. The summed E-state index contributed by atoms with van der Waals surface area (Å²) >= 11 is 11.9. The van der Waals surface area contributed by atoms with E-state index in [1.807, 2.05) is 0 Å². The quantitative estimate of drug-likeness (QED) is 0.933. The van der Waals surface area contributed by atoms with Crippen LogP contribution in [0.15, 0.2) is 18.2 Å². The normalized spacial score (nSPS) is 18.9. The molecule has 1 aliphatic rings. The molecule has 1 heterocycles. The number of carbonyl (C=O) groups excluding carboxylic acids is 1. The highest BCUT2D eigenvalue weighted by Crippen LogP contribution is 2.23. The van der Waals surface area contributed by atoms with Crippen molar-refractivity contribution >= 4 is 35.1 Å². The second kappa shape index (κ2) is 6.46. The van der Waals surface area contributed by atoms with Gasteiger partial charge in [0.05, 0.1) is 12.3 Å². The number of hydrogen-bond acceptors (Lipinski definition) is 2. The molecule has 4 nitrogen and oxygen atoms in total. The van der Waals surface area contributed by atoms with E-state index < -0.39 is 11.9 Å². The first-order chi connectivity index (χ1) is 9.47. The Morgan fingerprint density at radius 2 is 2.10 bits per heavy atom. The molecule has 1 N–H and O–H groups in total. The molecular weight excluding hydrogens is 301 g/mol. The van der Waals surface area contributed by atoms with Crippen LogP contribution in [-0.2, 0) is 16.0 Å². The second-order valence-corrected chi connectivity index (χ2v) is 5.77. The van der Waals surface area contributed by atoms with E-state index in [0.29, 0.717) is 28.6 Å². The molecule has 6 heteroatoms. The highest BCUT2D eigenvalue weighted by Gasteiger charge is 2.28. The van der Waals surface area contributed by atoms with E-state index in [1.54, 1.807) is 23.1 Å². The lowest BCUT2D eigenvalue weighted by molar-refractivity contribution is -0.145. The van der Waals surface area contributed by atoms with Gasteiger partial charge in [-0.25, -0.2) is 0 Å². The maximum absolute atomic E-state index is 12.2. The molecule has 1 amide bonds. The lowest BCUT2D eigenvalue weighted by Gasteiger charge is -2.30. The molecule has 0 saturated carbocycles. The summed E-state index contributed by atoms with van der Waals surface area (Å²) in [6, 6.07) is 5.01. The molecule has 1 aromatic carbocycles. The number of likely N-dealkylation sites (tertiary alicyclic amines) is 1. The first-order valence-electron chi connectivity index (χ1n) is 6.42. The SMILES string of the molecule is O=C(O)[C@H]1CCCN(C(=O)Cc2ccc(Cl)cc2Cl)C1. The number of carboxylic acid groups (broad SMARTS) is 1. The Bertz CT molecular complexity index is 533. The number of halogens is 2. The fraction of sp³-hybridized carbons (Fsp3) is 0.429. The smallest absolute Gasteiger partial charge is 0.308 e. The van der Waals surface area contributed by atoms with Crippen LogP contribution in [0.25, 0.3) is 0 Å². The van der Waals surface area contributed by atoms with Crippen molar-refractivity contribution in [1.82, 2.24) is 4.90 Å². The number of hydrogen-bond donors (Lipinski definition) is 1. The standard InChI is InChI=1S/C14H15Cl2NO3/c15-11-4-3-9(12(16)7-11)6-13(18)17-5-1-2-10(8-17)14(19)20/h3-4,7,10H,1-2,5-6,8H2,(H,19,20)/t10-/m0/s1. The Morgan fingerprint density at radius 3 is 2.75 bits per heavy atom. The molecule has 0 unspecified atom stereocenters. The Labute approximate surface area is 127 Å². The number of nitrogens with zero attached hydrogens (tertiary/aromatic N) is 1. The lowest BCUT2D eigenvalue weighted by Crippen LogP contribution is -2.43. The van der Waals surface area contributed by atoms with Gasteiger partial charge in [-0.15, -0.1) is 0 Å². The largest absolute Gasteiger partial charge is 0.481 e. The molecule has 0 aliphatic carbocycles. The van der Waals surface area contributed by atoms with Gasteiger partial charge in [0, 0.05) is 23.1 Å². The van der Waals surface area contributed by atoms with Crippen molar-refractivity contribution in [2.75, 3.05) is 13.1 Å². The third-order valence-corrected chi connectivity index (χ3v) is 4.07. The van der Waals surface area contributed by atoms with Crippen molar-refractivity contribution in [3.8, 4) is 0 Å². The van der Waals surface area contributed by atoms with Gasteiger partial charge < -0.3 is 10.0 Å². The molecule has 1 atom stereocenters. The van der Waals surface area contributed by atoms with Gasteiger partial charge in [0.1, 0.15) is 0 Å². The maximum atomic E-state index is 12.2. The average molecular weight is 316 g/mol. The molecule has 1 fully saturated rings. The van der Waals surface area contributed by atoms with E-state index in [0.717, 1.165) is 6.42 Å². The van der Waals surface area contributed by atoms with E-state index in [2.05, 4.69) is 0 Å². The predicted octanol–water partition coefficient (Wildman–Crippen LogP) is 2.86. The summed E-state index contributed by atoms with van der Waals surface area (Å²) in [5, 5.41) is 10.0. The van der Waals surface area contributed by atoms with Crippen LogP contribution in [0.3, 0.4) is 0 Å². The summed E-state index contributed by atoms with van der Waals surface area (Å²) in [4.78, 5) is 24.8. The van der Waals surface area contributed by atoms with Crippen LogP contribution in [0, 0.1) is 5.92 Å². The molecule has 0 aromatic heterocycles. The topological polar surface area (TPSA) is 57.6 Å². The maximum Gasteiger partial charge on any atom is 0.308 e. The highest BCUT2D eigenvalue weighted by atomic mass is 35.5. The number of carboxylic acids is 1. The first-order valence-corrected chi connectivity index (χ1v) is 7.17. The van der Waals surface area contributed by atoms with Crippen LogP contribution >= 0.6 is 23.2 Å². The third-order valence-electron chi connectivity index (χ3n) is 3.48. The number of aliphatic carboxylic acids is 1. The van der Waals surface area contributed by atoms with Crippen molar-refractivity contribution in [2.45, 2.75) is 19.3 Å². The molecule has 1 saturated heterocycles. The van der Waals surface area contributed by atoms with Gasteiger partial charge >= 0.3 is 5.97 Å². The van der Waals surface area contributed by atoms with Gasteiger partial charge in [0.15, 0.2) is 0 Å². The van der Waals surface area contributed by atoms with Crippen LogP contribution in [-0.4, -0.2) is 35.0 Å². The van der Waals surface area contributed by atoms with E-state index in [1.165, 1.54) is 0 Å². The molecule has 0 radical (unpaired) electrons. The van der Waals surface area contributed by atoms with Crippen molar-refractivity contribution < 1.29 is 14.7 Å². The number of piperidine rings is 1. The van der Waals surface area contributed by atoms with Crippen LogP contribution in [0.2, 0.25) is 10.0 Å². The molecule has 1 aromatic rings. The average Bonchev–Trinajstić information content (AvgIpc) is 2.42. The fourth-order valence-corrected chi connectivity index (χ4v) is 2.82. The Morgan fingerprint density at radius 1 is 1.35 bits per heavy atom. The Hall–Kier alpha value is -1.26. The van der Waals surface area contributed by atoms with E-state index in [9.17, 15) is 9.59 Å². The van der Waals surface area contributed by atoms with Gasteiger partial charge in [0.2, 0.25) is 5.91 Å².